The van der Waals surface area contributed by atoms with E-state index in [1.807, 2.05) is 0 Å². The molecule has 2 atom stereocenters. The number of sulfonamides is 1. The molecule has 46 heavy (non-hydrogen) atoms. The van der Waals surface area contributed by atoms with Crippen molar-refractivity contribution >= 4 is 44.9 Å². The minimum atomic E-state index is -3.84. The standard InChI is InChI=1S/C30H40ClF2N7O5S/c31-26-13-21(30(32,33)20-3-1-19(2-4-20)29(43)36-16-23(35)18-41)14-27(37-26)38-9-11-39(12-10-38)46(44,45)25-7-5-24(6-8-25)40-17-22(34)15-28(40)42/h5-8,13-14,19-20,22-23,41H,1-4,9-12,15-18,34-35H2,(H,36,43)/t19?,20?,22-,23?/m1/s1. The van der Waals surface area contributed by atoms with Crippen LogP contribution in [0.5, 0.6) is 0 Å². The van der Waals surface area contributed by atoms with E-state index in [2.05, 4.69) is 10.3 Å². The number of amides is 2. The summed E-state index contributed by atoms with van der Waals surface area (Å²) in [5.74, 6) is -4.72. The SMILES string of the molecule is NC(CO)CNC(=O)C1CCC(C(F)(F)c2cc(Cl)nc(N3CCN(S(=O)(=O)c4ccc(N5C[C@H](N)CC5=O)cc4)CC3)c2)CC1. The number of anilines is 2. The number of hydrogen-bond acceptors (Lipinski definition) is 9. The minimum Gasteiger partial charge on any atom is -0.395 e. The molecule has 252 valence electrons. The van der Waals surface area contributed by atoms with Crippen molar-refractivity contribution in [1.82, 2.24) is 14.6 Å². The summed E-state index contributed by atoms with van der Waals surface area (Å²) in [7, 11) is -3.84. The predicted molar refractivity (Wildman–Crippen MR) is 169 cm³/mol. The van der Waals surface area contributed by atoms with Gasteiger partial charge in [-0.25, -0.2) is 22.2 Å². The highest BCUT2D eigenvalue weighted by atomic mass is 35.5. The Morgan fingerprint density at radius 2 is 1.76 bits per heavy atom. The fraction of sp³-hybridized carbons (Fsp3) is 0.567. The number of hydrogen-bond donors (Lipinski definition) is 4. The topological polar surface area (TPSA) is 175 Å². The van der Waals surface area contributed by atoms with Crippen LogP contribution >= 0.6 is 11.6 Å². The van der Waals surface area contributed by atoms with Crippen LogP contribution in [0.1, 0.15) is 37.7 Å². The summed E-state index contributed by atoms with van der Waals surface area (Å²) in [6, 6.07) is 7.76. The van der Waals surface area contributed by atoms with Crippen LogP contribution in [0.4, 0.5) is 20.3 Å². The molecule has 2 aromatic rings. The zero-order chi connectivity index (χ0) is 33.2. The number of piperazine rings is 1. The van der Waals surface area contributed by atoms with Gasteiger partial charge in [-0.15, -0.1) is 0 Å². The first-order valence-electron chi connectivity index (χ1n) is 15.4. The maximum absolute atomic E-state index is 15.8. The van der Waals surface area contributed by atoms with Gasteiger partial charge in [0.05, 0.1) is 11.5 Å². The summed E-state index contributed by atoms with van der Waals surface area (Å²) >= 11 is 6.22. The zero-order valence-electron chi connectivity index (χ0n) is 25.3. The molecule has 2 amide bonds. The summed E-state index contributed by atoms with van der Waals surface area (Å²) in [6.45, 7) is 0.887. The highest BCUT2D eigenvalue weighted by Gasteiger charge is 2.44. The summed E-state index contributed by atoms with van der Waals surface area (Å²) < 4.78 is 59.7. The monoisotopic (exact) mass is 683 g/mol. The molecular formula is C30H40ClF2N7O5S. The molecule has 6 N–H and O–H groups in total. The molecule has 3 aliphatic rings. The van der Waals surface area contributed by atoms with E-state index < -0.39 is 33.8 Å². The van der Waals surface area contributed by atoms with Crippen LogP contribution in [0, 0.1) is 11.8 Å². The number of nitrogens with zero attached hydrogens (tertiary/aromatic N) is 4. The van der Waals surface area contributed by atoms with Gasteiger partial charge in [0.25, 0.3) is 5.92 Å². The molecule has 5 rings (SSSR count). The average molecular weight is 684 g/mol. The maximum atomic E-state index is 15.8. The van der Waals surface area contributed by atoms with E-state index in [1.54, 1.807) is 17.0 Å². The molecule has 3 heterocycles. The molecule has 1 unspecified atom stereocenters. The number of alkyl halides is 2. The van der Waals surface area contributed by atoms with Gasteiger partial charge in [-0.1, -0.05) is 11.6 Å². The van der Waals surface area contributed by atoms with Crippen LogP contribution in [0.2, 0.25) is 5.15 Å². The molecule has 3 fully saturated rings. The van der Waals surface area contributed by atoms with Crippen molar-refractivity contribution in [2.24, 2.45) is 23.3 Å². The molecule has 16 heteroatoms. The fourth-order valence-electron chi connectivity index (χ4n) is 6.32. The number of aliphatic hydroxyl groups is 1. The maximum Gasteiger partial charge on any atom is 0.276 e. The molecule has 2 saturated heterocycles. The van der Waals surface area contributed by atoms with Crippen LogP contribution in [-0.4, -0.2) is 92.6 Å². The lowest BCUT2D eigenvalue weighted by Crippen LogP contribution is -2.49. The second-order valence-electron chi connectivity index (χ2n) is 12.2. The van der Waals surface area contributed by atoms with Gasteiger partial charge in [-0.2, -0.15) is 4.31 Å². The lowest BCUT2D eigenvalue weighted by molar-refractivity contribution is -0.129. The van der Waals surface area contributed by atoms with Crippen LogP contribution in [-0.2, 0) is 25.5 Å². The van der Waals surface area contributed by atoms with Gasteiger partial charge in [0.2, 0.25) is 21.8 Å². The Labute approximate surface area is 272 Å². The first kappa shape index (κ1) is 34.4. The van der Waals surface area contributed by atoms with Crippen molar-refractivity contribution in [2.75, 3.05) is 55.7 Å². The van der Waals surface area contributed by atoms with Crippen molar-refractivity contribution < 1.29 is 31.9 Å². The van der Waals surface area contributed by atoms with Crippen molar-refractivity contribution in [2.45, 2.75) is 55.0 Å². The molecule has 0 spiro atoms. The molecule has 0 bridgehead atoms. The largest absolute Gasteiger partial charge is 0.395 e. The summed E-state index contributed by atoms with van der Waals surface area (Å²) in [6.07, 6.45) is 1.14. The number of aliphatic hydroxyl groups excluding tert-OH is 1. The second kappa shape index (κ2) is 14.0. The number of benzene rings is 1. The second-order valence-corrected chi connectivity index (χ2v) is 14.6. The van der Waals surface area contributed by atoms with E-state index in [-0.39, 0.29) is 97.9 Å². The summed E-state index contributed by atoms with van der Waals surface area (Å²) in [5, 5.41) is 11.6. The number of carbonyl (C=O) groups excluding carboxylic acids is 2. The van der Waals surface area contributed by atoms with E-state index in [0.717, 1.165) is 6.07 Å². The number of rotatable bonds is 10. The van der Waals surface area contributed by atoms with E-state index in [9.17, 15) is 18.0 Å². The lowest BCUT2D eigenvalue weighted by atomic mass is 9.77. The number of halogens is 3. The predicted octanol–water partition coefficient (Wildman–Crippen LogP) is 1.64. The van der Waals surface area contributed by atoms with Crippen LogP contribution in [0.25, 0.3) is 0 Å². The molecule has 1 aliphatic carbocycles. The first-order valence-corrected chi connectivity index (χ1v) is 17.2. The normalized spacial score (nSPS) is 23.9. The third-order valence-corrected chi connectivity index (χ3v) is 11.2. The van der Waals surface area contributed by atoms with Crippen molar-refractivity contribution in [3.63, 3.8) is 0 Å². The van der Waals surface area contributed by atoms with Crippen LogP contribution < -0.4 is 26.6 Å². The van der Waals surface area contributed by atoms with Gasteiger partial charge in [-0.05, 0) is 62.1 Å². The van der Waals surface area contributed by atoms with E-state index in [0.29, 0.717) is 25.1 Å². The number of nitrogens with two attached hydrogens (primary N) is 2. The van der Waals surface area contributed by atoms with Gasteiger partial charge in [-0.3, -0.25) is 9.59 Å². The highest BCUT2D eigenvalue weighted by molar-refractivity contribution is 7.89. The summed E-state index contributed by atoms with van der Waals surface area (Å²) in [4.78, 5) is 32.2. The quantitative estimate of drug-likeness (QED) is 0.272. The Hall–Kier alpha value is -2.95. The number of nitrogens with one attached hydrogen (secondary N) is 1. The zero-order valence-corrected chi connectivity index (χ0v) is 26.9. The number of pyridine rings is 1. The molecule has 12 nitrogen and oxygen atoms in total. The Balaban J connectivity index is 1.20. The number of aromatic nitrogens is 1. The van der Waals surface area contributed by atoms with E-state index in [4.69, 9.17) is 28.2 Å². The molecule has 1 aromatic carbocycles. The minimum absolute atomic E-state index is 0.0874. The smallest absolute Gasteiger partial charge is 0.276 e. The molecule has 2 aliphatic heterocycles. The molecule has 0 radical (unpaired) electrons. The molecular weight excluding hydrogens is 644 g/mol. The third-order valence-electron chi connectivity index (χ3n) is 9.05. The Morgan fingerprint density at radius 3 is 2.35 bits per heavy atom. The van der Waals surface area contributed by atoms with Gasteiger partial charge in [0.15, 0.2) is 0 Å². The van der Waals surface area contributed by atoms with Crippen molar-refractivity contribution in [3.8, 4) is 0 Å². The van der Waals surface area contributed by atoms with Crippen LogP contribution in [0.15, 0.2) is 41.3 Å². The van der Waals surface area contributed by atoms with E-state index in [1.165, 1.54) is 27.4 Å². The number of carbonyl (C=O) groups is 2. The van der Waals surface area contributed by atoms with Crippen LogP contribution in [0.3, 0.4) is 0 Å². The van der Waals surface area contributed by atoms with E-state index >= 15 is 8.78 Å². The molecule has 1 saturated carbocycles. The lowest BCUT2D eigenvalue weighted by Gasteiger charge is -2.36. The molecule has 1 aromatic heterocycles. The van der Waals surface area contributed by atoms with Gasteiger partial charge in [0, 0.05) is 80.9 Å². The Kier molecular flexibility index (Phi) is 10.5. The fourth-order valence-corrected chi connectivity index (χ4v) is 7.95. The van der Waals surface area contributed by atoms with Gasteiger partial charge in [0.1, 0.15) is 11.0 Å². The van der Waals surface area contributed by atoms with Gasteiger partial charge < -0.3 is 31.7 Å². The highest BCUT2D eigenvalue weighted by Crippen LogP contribution is 2.46. The van der Waals surface area contributed by atoms with Gasteiger partial charge >= 0.3 is 0 Å². The summed E-state index contributed by atoms with van der Waals surface area (Å²) in [5.41, 5.74) is 11.8. The van der Waals surface area contributed by atoms with Crippen molar-refractivity contribution in [3.05, 3.63) is 47.1 Å². The Bertz CT molecular complexity index is 1520. The Morgan fingerprint density at radius 1 is 1.11 bits per heavy atom. The first-order chi connectivity index (χ1) is 21.8. The average Bonchev–Trinajstić information content (AvgIpc) is 3.40. The third kappa shape index (κ3) is 7.44. The van der Waals surface area contributed by atoms with Crippen molar-refractivity contribution in [1.29, 1.82) is 0 Å².